The molecule has 0 rings (SSSR count). The normalized spacial score (nSPS) is 8.31. The predicted octanol–water partition coefficient (Wildman–Crippen LogP) is -10.7. The fraction of sp³-hybridized carbons (Fsp3) is 0. The van der Waals surface area contributed by atoms with Crippen molar-refractivity contribution in [3.63, 3.8) is 0 Å². The van der Waals surface area contributed by atoms with Crippen molar-refractivity contribution in [2.45, 2.75) is 0 Å². The second kappa shape index (κ2) is 18.7. The van der Waals surface area contributed by atoms with Crippen LogP contribution in [0.1, 0.15) is 0 Å². The Bertz CT molecular complexity index is 43.4. The van der Waals surface area contributed by atoms with Gasteiger partial charge in [0.2, 0.25) is 0 Å². The molecule has 0 aromatic heterocycles. The Hall–Kier alpha value is 1.03. The van der Waals surface area contributed by atoms with E-state index in [1.54, 1.807) is 0 Å². The molecule has 0 bridgehead atoms. The maximum atomic E-state index is 8.41. The Morgan fingerprint density at radius 2 is 0.385 bits per heavy atom. The molecule has 13 heteroatoms. The third kappa shape index (κ3) is 1500. The van der Waals surface area contributed by atoms with Gasteiger partial charge in [-0.3, -0.25) is 0 Å². The van der Waals surface area contributed by atoms with E-state index in [2.05, 4.69) is 0 Å². The van der Waals surface area contributed by atoms with Crippen molar-refractivity contribution in [3.05, 3.63) is 0 Å². The first-order valence-corrected chi connectivity index (χ1v) is 4.17. The number of rotatable bonds is 0. The Balaban J connectivity index is -0.0000000450. The summed E-state index contributed by atoms with van der Waals surface area (Å²) in [6, 6.07) is 0. The van der Waals surface area contributed by atoms with Crippen LogP contribution in [0, 0.1) is 32.4 Å². The molecule has 0 aliphatic rings. The van der Waals surface area contributed by atoms with Gasteiger partial charge in [0, 0.05) is 0 Å². The number of hydrogen-bond donors (Lipinski definition) is 0. The molecule has 0 amide bonds. The molecule has 13 heavy (non-hydrogen) atoms. The van der Waals surface area contributed by atoms with Crippen LogP contribution in [-0.4, -0.2) is 0 Å². The summed E-state index contributed by atoms with van der Waals surface area (Å²) in [5.41, 5.74) is 0. The predicted molar refractivity (Wildman–Crippen MR) is 0 cm³/mol. The third-order valence-corrected chi connectivity index (χ3v) is 0. The van der Waals surface area contributed by atoms with Crippen LogP contribution in [-0.2, 0) is 17.1 Å². The summed E-state index contributed by atoms with van der Waals surface area (Å²) in [4.78, 5) is 0. The van der Waals surface area contributed by atoms with E-state index in [4.69, 9.17) is 41.9 Å². The fourth-order valence-electron chi connectivity index (χ4n) is 0. The second-order valence-corrected chi connectivity index (χ2v) is 1.70. The SMILES string of the molecule is [Fe+2].[O-][Cl+2]([O-])[O-].[O-][Cl+2]([O-])[O-].[O-][Cl+2]([O-])[O-]. The van der Waals surface area contributed by atoms with Crippen LogP contribution in [0.2, 0.25) is 0 Å². The summed E-state index contributed by atoms with van der Waals surface area (Å²) in [5.74, 6) is 0. The molecule has 0 N–H and O–H groups in total. The van der Waals surface area contributed by atoms with Crippen molar-refractivity contribution in [2.75, 3.05) is 0 Å². The topological polar surface area (TPSA) is 208 Å². The molecular formula is Cl3FeO9-. The Morgan fingerprint density at radius 1 is 0.385 bits per heavy atom. The summed E-state index contributed by atoms with van der Waals surface area (Å²) in [6.07, 6.45) is 0. The van der Waals surface area contributed by atoms with Gasteiger partial charge in [0.1, 0.15) is 0 Å². The first kappa shape index (κ1) is 23.7. The fourth-order valence-corrected chi connectivity index (χ4v) is 0. The van der Waals surface area contributed by atoms with Crippen molar-refractivity contribution < 1.29 is 91.4 Å². The molecule has 0 spiro atoms. The van der Waals surface area contributed by atoms with Crippen LogP contribution >= 0.6 is 0 Å². The quantitative estimate of drug-likeness (QED) is 0.388. The van der Waals surface area contributed by atoms with E-state index in [9.17, 15) is 0 Å². The first-order chi connectivity index (χ1) is 5.20. The summed E-state index contributed by atoms with van der Waals surface area (Å²) < 4.78 is 75.7. The minimum Gasteiger partial charge on any atom is -0.357 e. The average molecular weight is 306 g/mol. The Labute approximate surface area is 91.5 Å². The van der Waals surface area contributed by atoms with Gasteiger partial charge >= 0.3 is 17.1 Å². The molecule has 0 aromatic carbocycles. The minimum atomic E-state index is -2.85. The maximum Gasteiger partial charge on any atom is 2.00 e. The zero-order valence-electron chi connectivity index (χ0n) is 5.16. The molecule has 0 saturated carbocycles. The summed E-state index contributed by atoms with van der Waals surface area (Å²) in [5, 5.41) is 0. The molecule has 0 aromatic rings. The van der Waals surface area contributed by atoms with Crippen molar-refractivity contribution in [3.8, 4) is 0 Å². The van der Waals surface area contributed by atoms with Crippen molar-refractivity contribution in [1.82, 2.24) is 0 Å². The molecule has 0 heterocycles. The van der Waals surface area contributed by atoms with E-state index < -0.39 is 32.4 Å². The van der Waals surface area contributed by atoms with Crippen LogP contribution in [0.25, 0.3) is 0 Å². The van der Waals surface area contributed by atoms with E-state index in [1.807, 2.05) is 0 Å². The van der Waals surface area contributed by atoms with E-state index >= 15 is 0 Å². The standard InChI is InChI=1S/3ClO3.Fe/c3*2-1(3)4;/q3*-1;+2. The van der Waals surface area contributed by atoms with Gasteiger partial charge in [0.05, 0.1) is 32.4 Å². The molecule has 9 nitrogen and oxygen atoms in total. The molecule has 0 radical (unpaired) electrons. The van der Waals surface area contributed by atoms with Gasteiger partial charge in [0.15, 0.2) is 0 Å². The first-order valence-electron chi connectivity index (χ1n) is 1.39. The van der Waals surface area contributed by atoms with Gasteiger partial charge < -0.3 is 41.9 Å². The van der Waals surface area contributed by atoms with Crippen molar-refractivity contribution in [2.24, 2.45) is 0 Å². The molecular weight excluding hydrogens is 306 g/mol. The van der Waals surface area contributed by atoms with Gasteiger partial charge in [0.25, 0.3) is 0 Å². The van der Waals surface area contributed by atoms with Gasteiger partial charge in [-0.2, -0.15) is 0 Å². The third-order valence-electron chi connectivity index (χ3n) is 0. The zero-order chi connectivity index (χ0) is 10.7. The number of hydrogen-bond acceptors (Lipinski definition) is 9. The summed E-state index contributed by atoms with van der Waals surface area (Å²) >= 11 is 0. The molecule has 0 aliphatic carbocycles. The largest absolute Gasteiger partial charge is 2.00 e. The van der Waals surface area contributed by atoms with E-state index in [0.29, 0.717) is 0 Å². The van der Waals surface area contributed by atoms with Crippen LogP contribution in [0.3, 0.4) is 0 Å². The van der Waals surface area contributed by atoms with Gasteiger partial charge in [-0.25, -0.2) is 0 Å². The van der Waals surface area contributed by atoms with Crippen LogP contribution in [0.4, 0.5) is 0 Å². The van der Waals surface area contributed by atoms with Gasteiger partial charge in [-0.1, -0.05) is 0 Å². The second-order valence-electron chi connectivity index (χ2n) is 0.567. The monoisotopic (exact) mass is 305 g/mol. The van der Waals surface area contributed by atoms with Crippen molar-refractivity contribution in [1.29, 1.82) is 0 Å². The van der Waals surface area contributed by atoms with Crippen LogP contribution in [0.5, 0.6) is 0 Å². The summed E-state index contributed by atoms with van der Waals surface area (Å²) in [7, 11) is -8.56. The molecule has 0 saturated heterocycles. The summed E-state index contributed by atoms with van der Waals surface area (Å²) in [6.45, 7) is 0. The van der Waals surface area contributed by atoms with Crippen molar-refractivity contribution >= 4 is 0 Å². The zero-order valence-corrected chi connectivity index (χ0v) is 8.53. The van der Waals surface area contributed by atoms with E-state index in [1.165, 1.54) is 0 Å². The average Bonchev–Trinajstić information content (AvgIpc) is 1.54. The molecule has 0 fully saturated rings. The van der Waals surface area contributed by atoms with Gasteiger partial charge in [-0.15, -0.1) is 0 Å². The molecule has 0 aliphatic heterocycles. The van der Waals surface area contributed by atoms with Gasteiger partial charge in [-0.05, 0) is 0 Å². The van der Waals surface area contributed by atoms with Crippen LogP contribution < -0.4 is 41.9 Å². The Kier molecular flexibility index (Phi) is 34.1. The molecule has 0 unspecified atom stereocenters. The smallest absolute Gasteiger partial charge is 0.357 e. The minimum absolute atomic E-state index is 0. The maximum absolute atomic E-state index is 8.41. The van der Waals surface area contributed by atoms with E-state index in [-0.39, 0.29) is 17.1 Å². The molecule has 0 atom stereocenters. The van der Waals surface area contributed by atoms with Crippen LogP contribution in [0.15, 0.2) is 0 Å². The number of halogens is 3. The molecule has 84 valence electrons. The van der Waals surface area contributed by atoms with E-state index in [0.717, 1.165) is 0 Å². The Morgan fingerprint density at radius 3 is 0.385 bits per heavy atom.